The van der Waals surface area contributed by atoms with Crippen molar-refractivity contribution in [3.63, 3.8) is 0 Å². The predicted octanol–water partition coefficient (Wildman–Crippen LogP) is 4.15. The molecule has 1 aliphatic rings. The molecule has 0 atom stereocenters. The van der Waals surface area contributed by atoms with Gasteiger partial charge >= 0.3 is 0 Å². The lowest BCUT2D eigenvalue weighted by atomic mass is 10.1. The molecule has 0 bridgehead atoms. The molecule has 1 saturated heterocycles. The highest BCUT2D eigenvalue weighted by Gasteiger charge is 2.23. The predicted molar refractivity (Wildman–Crippen MR) is 107 cm³/mol. The maximum Gasteiger partial charge on any atom is 0.270 e. The third-order valence-corrected chi connectivity index (χ3v) is 4.90. The second-order valence-corrected chi connectivity index (χ2v) is 7.34. The first kappa shape index (κ1) is 18.4. The van der Waals surface area contributed by atoms with Crippen LogP contribution in [0.3, 0.4) is 0 Å². The Morgan fingerprint density at radius 2 is 1.62 bits per heavy atom. The van der Waals surface area contributed by atoms with Crippen LogP contribution >= 0.6 is 15.9 Å². The fourth-order valence-corrected chi connectivity index (χ4v) is 3.13. The van der Waals surface area contributed by atoms with Crippen LogP contribution in [-0.4, -0.2) is 29.8 Å². The van der Waals surface area contributed by atoms with Gasteiger partial charge in [0.2, 0.25) is 0 Å². The van der Waals surface area contributed by atoms with Crippen molar-refractivity contribution in [2.45, 2.75) is 19.8 Å². The van der Waals surface area contributed by atoms with Crippen LogP contribution in [0.1, 0.15) is 34.3 Å². The van der Waals surface area contributed by atoms with Crippen molar-refractivity contribution in [3.8, 4) is 0 Å². The minimum atomic E-state index is -0.277. The van der Waals surface area contributed by atoms with E-state index in [0.29, 0.717) is 11.3 Å². The van der Waals surface area contributed by atoms with Crippen molar-refractivity contribution in [3.05, 3.63) is 75.4 Å². The molecule has 0 saturated carbocycles. The van der Waals surface area contributed by atoms with Crippen LogP contribution in [0, 0.1) is 6.92 Å². The quantitative estimate of drug-likeness (QED) is 0.766. The Bertz CT molecular complexity index is 820. The summed E-state index contributed by atoms with van der Waals surface area (Å²) in [4.78, 5) is 27.3. The Labute approximate surface area is 162 Å². The molecule has 134 valence electrons. The van der Waals surface area contributed by atoms with Crippen LogP contribution < -0.4 is 5.32 Å². The minimum Gasteiger partial charge on any atom is -0.337 e. The molecule has 5 heteroatoms. The number of halogens is 1. The number of nitrogens with zero attached hydrogens (tertiary/aromatic N) is 1. The topological polar surface area (TPSA) is 49.4 Å². The second kappa shape index (κ2) is 8.32. The van der Waals surface area contributed by atoms with Crippen molar-refractivity contribution in [2.75, 3.05) is 13.1 Å². The summed E-state index contributed by atoms with van der Waals surface area (Å²) in [6.45, 7) is 3.44. The molecule has 1 fully saturated rings. The fraction of sp³-hybridized carbons (Fsp3) is 0.238. The van der Waals surface area contributed by atoms with Gasteiger partial charge in [-0.2, -0.15) is 0 Å². The van der Waals surface area contributed by atoms with E-state index in [1.165, 1.54) is 0 Å². The van der Waals surface area contributed by atoms with Crippen LogP contribution in [0.25, 0.3) is 6.08 Å². The van der Waals surface area contributed by atoms with Gasteiger partial charge in [-0.1, -0.05) is 45.8 Å². The Kier molecular flexibility index (Phi) is 5.89. The van der Waals surface area contributed by atoms with Crippen molar-refractivity contribution in [1.82, 2.24) is 10.2 Å². The first-order valence-electron chi connectivity index (χ1n) is 8.67. The highest BCUT2D eigenvalue weighted by Crippen LogP contribution is 2.16. The van der Waals surface area contributed by atoms with Gasteiger partial charge in [-0.25, -0.2) is 0 Å². The molecular weight excluding hydrogens is 392 g/mol. The zero-order chi connectivity index (χ0) is 18.5. The molecule has 26 heavy (non-hydrogen) atoms. The van der Waals surface area contributed by atoms with E-state index in [9.17, 15) is 9.59 Å². The zero-order valence-electron chi connectivity index (χ0n) is 14.7. The first-order valence-corrected chi connectivity index (χ1v) is 9.47. The Balaban J connectivity index is 1.86. The molecule has 0 aromatic heterocycles. The lowest BCUT2D eigenvalue weighted by Crippen LogP contribution is -2.36. The van der Waals surface area contributed by atoms with Gasteiger partial charge in [0, 0.05) is 23.1 Å². The minimum absolute atomic E-state index is 0.133. The average Bonchev–Trinajstić information content (AvgIpc) is 3.17. The van der Waals surface area contributed by atoms with Crippen molar-refractivity contribution in [1.29, 1.82) is 0 Å². The van der Waals surface area contributed by atoms with Gasteiger partial charge in [-0.05, 0) is 55.7 Å². The van der Waals surface area contributed by atoms with E-state index in [4.69, 9.17) is 0 Å². The molecule has 0 spiro atoms. The second-order valence-electron chi connectivity index (χ2n) is 6.43. The average molecular weight is 413 g/mol. The first-order chi connectivity index (χ1) is 12.5. The molecular formula is C21H21BrN2O2. The molecule has 3 rings (SSSR count). The molecule has 4 nitrogen and oxygen atoms in total. The summed E-state index contributed by atoms with van der Waals surface area (Å²) in [6, 6.07) is 14.9. The summed E-state index contributed by atoms with van der Waals surface area (Å²) in [5, 5.41) is 2.81. The van der Waals surface area contributed by atoms with E-state index in [-0.39, 0.29) is 11.8 Å². The van der Waals surface area contributed by atoms with Crippen LogP contribution in [0.4, 0.5) is 0 Å². The summed E-state index contributed by atoms with van der Waals surface area (Å²) in [6.07, 6.45) is 3.74. The number of aryl methyl sites for hydroxylation is 1. The Morgan fingerprint density at radius 1 is 1.00 bits per heavy atom. The van der Waals surface area contributed by atoms with Gasteiger partial charge in [0.1, 0.15) is 5.70 Å². The van der Waals surface area contributed by atoms with Crippen LogP contribution in [-0.2, 0) is 4.79 Å². The van der Waals surface area contributed by atoms with Gasteiger partial charge in [0.25, 0.3) is 11.8 Å². The Hall–Kier alpha value is -2.40. The molecule has 2 aromatic carbocycles. The number of rotatable bonds is 4. The number of benzene rings is 2. The van der Waals surface area contributed by atoms with E-state index >= 15 is 0 Å². The summed E-state index contributed by atoms with van der Waals surface area (Å²) in [7, 11) is 0. The lowest BCUT2D eigenvalue weighted by Gasteiger charge is -2.18. The van der Waals surface area contributed by atoms with Crippen LogP contribution in [0.15, 0.2) is 58.7 Å². The molecule has 0 aliphatic carbocycles. The third-order valence-electron chi connectivity index (χ3n) is 4.37. The van der Waals surface area contributed by atoms with Crippen molar-refractivity contribution in [2.24, 2.45) is 0 Å². The van der Waals surface area contributed by atoms with E-state index in [1.807, 2.05) is 43.3 Å². The number of nitrogens with one attached hydrogen (secondary N) is 1. The third kappa shape index (κ3) is 4.61. The highest BCUT2D eigenvalue weighted by molar-refractivity contribution is 9.10. The number of hydrogen-bond acceptors (Lipinski definition) is 2. The summed E-state index contributed by atoms with van der Waals surface area (Å²) in [5.41, 5.74) is 2.78. The van der Waals surface area contributed by atoms with Crippen LogP contribution in [0.2, 0.25) is 0 Å². The molecule has 1 aliphatic heterocycles. The van der Waals surface area contributed by atoms with E-state index < -0.39 is 0 Å². The van der Waals surface area contributed by atoms with Crippen molar-refractivity contribution >= 4 is 33.8 Å². The van der Waals surface area contributed by atoms with Gasteiger partial charge < -0.3 is 10.2 Å². The highest BCUT2D eigenvalue weighted by atomic mass is 79.9. The summed E-state index contributed by atoms with van der Waals surface area (Å²) in [5.74, 6) is -0.410. The van der Waals surface area contributed by atoms with E-state index in [1.54, 1.807) is 23.1 Å². The fourth-order valence-electron chi connectivity index (χ4n) is 2.87. The van der Waals surface area contributed by atoms with E-state index in [2.05, 4.69) is 21.2 Å². The number of amides is 2. The summed E-state index contributed by atoms with van der Waals surface area (Å²) >= 11 is 3.41. The van der Waals surface area contributed by atoms with Crippen LogP contribution in [0.5, 0.6) is 0 Å². The lowest BCUT2D eigenvalue weighted by molar-refractivity contribution is -0.126. The molecule has 2 amide bonds. The summed E-state index contributed by atoms with van der Waals surface area (Å²) < 4.78 is 0.964. The molecule has 1 N–H and O–H groups in total. The van der Waals surface area contributed by atoms with Gasteiger partial charge in [-0.15, -0.1) is 0 Å². The molecule has 2 aromatic rings. The maximum atomic E-state index is 12.9. The standard InChI is InChI=1S/C21H21BrN2O2/c1-15-4-8-17(9-5-15)20(25)23-19(21(26)24-12-2-3-13-24)14-16-6-10-18(22)11-7-16/h4-11,14H,2-3,12-13H2,1H3,(H,23,25)/b19-14+. The van der Waals surface area contributed by atoms with Crippen molar-refractivity contribution < 1.29 is 9.59 Å². The Morgan fingerprint density at radius 3 is 2.23 bits per heavy atom. The van der Waals surface area contributed by atoms with E-state index in [0.717, 1.165) is 41.5 Å². The number of carbonyl (C=O) groups excluding carboxylic acids is 2. The monoisotopic (exact) mass is 412 g/mol. The molecule has 0 unspecified atom stereocenters. The van der Waals surface area contributed by atoms with Gasteiger partial charge in [0.15, 0.2) is 0 Å². The molecule has 0 radical (unpaired) electrons. The van der Waals surface area contributed by atoms with Gasteiger partial charge in [-0.3, -0.25) is 9.59 Å². The SMILES string of the molecule is Cc1ccc(C(=O)N/C(=C/c2ccc(Br)cc2)C(=O)N2CCCC2)cc1. The zero-order valence-corrected chi connectivity index (χ0v) is 16.3. The largest absolute Gasteiger partial charge is 0.337 e. The molecule has 1 heterocycles. The van der Waals surface area contributed by atoms with Gasteiger partial charge in [0.05, 0.1) is 0 Å². The smallest absolute Gasteiger partial charge is 0.270 e. The normalized spacial score (nSPS) is 14.4. The maximum absolute atomic E-state index is 12.9. The number of likely N-dealkylation sites (tertiary alicyclic amines) is 1. The number of carbonyl (C=O) groups is 2. The number of hydrogen-bond donors (Lipinski definition) is 1.